The summed E-state index contributed by atoms with van der Waals surface area (Å²) in [7, 11) is -4.38. The van der Waals surface area contributed by atoms with Crippen molar-refractivity contribution >= 4 is 19.8 Å². The van der Waals surface area contributed by atoms with Crippen molar-refractivity contribution in [3.8, 4) is 0 Å². The number of rotatable bonds is 48. The Morgan fingerprint density at radius 3 is 1.30 bits per heavy atom. The smallest absolute Gasteiger partial charge is 0.462 e. The van der Waals surface area contributed by atoms with Gasteiger partial charge in [0.1, 0.15) is 6.61 Å². The van der Waals surface area contributed by atoms with E-state index in [1.54, 1.807) is 0 Å². The molecule has 2 atom stereocenters. The molecule has 0 saturated heterocycles. The number of phosphoric acid groups is 1. The molecule has 0 aromatic heterocycles. The van der Waals surface area contributed by atoms with Gasteiger partial charge in [-0.2, -0.15) is 0 Å². The van der Waals surface area contributed by atoms with Crippen molar-refractivity contribution in [2.75, 3.05) is 26.4 Å². The van der Waals surface area contributed by atoms with Gasteiger partial charge in [0, 0.05) is 19.4 Å². The van der Waals surface area contributed by atoms with Crippen LogP contribution in [0.4, 0.5) is 0 Å². The molecule has 0 spiro atoms. The van der Waals surface area contributed by atoms with Crippen LogP contribution in [-0.4, -0.2) is 49.3 Å². The van der Waals surface area contributed by atoms with Gasteiger partial charge in [0.25, 0.3) is 0 Å². The molecule has 0 saturated carbocycles. The predicted octanol–water partition coefficient (Wildman–Crippen LogP) is 15.3. The first-order chi connectivity index (χ1) is 29.8. The zero-order chi connectivity index (χ0) is 44.6. The monoisotopic (exact) mass is 882 g/mol. The standard InChI is InChI=1S/C51H96NO8P/c1-3-5-7-9-11-13-15-17-19-21-22-23-24-25-26-28-29-31-33-35-37-39-41-43-50(53)57-47-49(48-59-61(55,56)58-46-45-52)60-51(54)44-42-40-38-36-34-32-30-27-20-18-16-14-12-10-8-6-4-2/h12,14,18,20-22,49H,3-11,13,15-17,19,23-48,52H2,1-2H3,(H,55,56)/b14-12-,20-18-,22-21-. The number of hydrogen-bond acceptors (Lipinski definition) is 8. The third-order valence-corrected chi connectivity index (χ3v) is 12.0. The van der Waals surface area contributed by atoms with Crippen molar-refractivity contribution in [3.05, 3.63) is 36.5 Å². The van der Waals surface area contributed by atoms with Crippen molar-refractivity contribution < 1.29 is 37.6 Å². The van der Waals surface area contributed by atoms with Crippen molar-refractivity contribution in [2.24, 2.45) is 5.73 Å². The van der Waals surface area contributed by atoms with E-state index in [1.165, 1.54) is 161 Å². The van der Waals surface area contributed by atoms with Gasteiger partial charge < -0.3 is 20.1 Å². The van der Waals surface area contributed by atoms with Crippen LogP contribution in [0.2, 0.25) is 0 Å². The van der Waals surface area contributed by atoms with Gasteiger partial charge in [-0.05, 0) is 70.6 Å². The van der Waals surface area contributed by atoms with E-state index in [0.29, 0.717) is 6.42 Å². The van der Waals surface area contributed by atoms with Gasteiger partial charge in [-0.25, -0.2) is 4.57 Å². The van der Waals surface area contributed by atoms with E-state index in [2.05, 4.69) is 50.3 Å². The molecule has 0 amide bonds. The molecule has 2 unspecified atom stereocenters. The summed E-state index contributed by atoms with van der Waals surface area (Å²) in [5, 5.41) is 0. The number of esters is 2. The average Bonchev–Trinajstić information content (AvgIpc) is 3.25. The summed E-state index contributed by atoms with van der Waals surface area (Å²) >= 11 is 0. The quantitative estimate of drug-likeness (QED) is 0.0265. The normalized spacial score (nSPS) is 13.4. The third kappa shape index (κ3) is 47.5. The lowest BCUT2D eigenvalue weighted by Crippen LogP contribution is -2.29. The topological polar surface area (TPSA) is 134 Å². The SMILES string of the molecule is CCCCC/C=C\C/C=C\CCCCCCCCCC(=O)OC(COC(=O)CCCCCCCCCCCCC/C=C\CCCCCCCCCC)COP(=O)(O)OCCN. The highest BCUT2D eigenvalue weighted by Crippen LogP contribution is 2.43. The minimum atomic E-state index is -4.38. The largest absolute Gasteiger partial charge is 0.472 e. The van der Waals surface area contributed by atoms with Gasteiger partial charge in [0.2, 0.25) is 0 Å². The Kier molecular flexibility index (Phi) is 46.3. The fourth-order valence-electron chi connectivity index (χ4n) is 7.19. The number of phosphoric ester groups is 1. The van der Waals surface area contributed by atoms with Crippen LogP contribution in [0.1, 0.15) is 245 Å². The van der Waals surface area contributed by atoms with Crippen LogP contribution in [0, 0.1) is 0 Å². The Bertz CT molecular complexity index is 1100. The van der Waals surface area contributed by atoms with E-state index in [-0.39, 0.29) is 38.6 Å². The van der Waals surface area contributed by atoms with Crippen LogP contribution in [0.25, 0.3) is 0 Å². The molecule has 10 heteroatoms. The summed E-state index contributed by atoms with van der Waals surface area (Å²) in [6, 6.07) is 0. The molecule has 358 valence electrons. The van der Waals surface area contributed by atoms with Gasteiger partial charge in [0.15, 0.2) is 6.10 Å². The first-order valence-electron chi connectivity index (χ1n) is 25.5. The molecule has 0 radical (unpaired) electrons. The summed E-state index contributed by atoms with van der Waals surface area (Å²) in [6.45, 7) is 3.73. The summed E-state index contributed by atoms with van der Waals surface area (Å²) in [5.41, 5.74) is 5.36. The van der Waals surface area contributed by atoms with Crippen molar-refractivity contribution in [1.29, 1.82) is 0 Å². The first-order valence-corrected chi connectivity index (χ1v) is 27.0. The molecule has 3 N–H and O–H groups in total. The maximum Gasteiger partial charge on any atom is 0.472 e. The maximum atomic E-state index is 12.6. The molecule has 0 rings (SSSR count). The number of carbonyl (C=O) groups is 2. The molecule has 0 aliphatic rings. The molecular weight excluding hydrogens is 786 g/mol. The Balaban J connectivity index is 4.03. The van der Waals surface area contributed by atoms with Crippen molar-refractivity contribution in [3.63, 3.8) is 0 Å². The lowest BCUT2D eigenvalue weighted by molar-refractivity contribution is -0.161. The zero-order valence-electron chi connectivity index (χ0n) is 39.7. The number of carbonyl (C=O) groups excluding carboxylic acids is 2. The Labute approximate surface area is 375 Å². The second-order valence-corrected chi connectivity index (χ2v) is 18.5. The fraction of sp³-hybridized carbons (Fsp3) is 0.843. The van der Waals surface area contributed by atoms with E-state index in [0.717, 1.165) is 51.4 Å². The van der Waals surface area contributed by atoms with E-state index in [1.807, 2.05) is 0 Å². The molecule has 0 aliphatic heterocycles. The molecule has 0 fully saturated rings. The average molecular weight is 882 g/mol. The van der Waals surface area contributed by atoms with Crippen LogP contribution >= 0.6 is 7.82 Å². The molecule has 0 bridgehead atoms. The second-order valence-electron chi connectivity index (χ2n) is 17.0. The van der Waals surface area contributed by atoms with Crippen LogP contribution in [0.5, 0.6) is 0 Å². The zero-order valence-corrected chi connectivity index (χ0v) is 40.5. The van der Waals surface area contributed by atoms with Crippen molar-refractivity contribution in [2.45, 2.75) is 251 Å². The first kappa shape index (κ1) is 59.2. The van der Waals surface area contributed by atoms with E-state index in [9.17, 15) is 19.0 Å². The van der Waals surface area contributed by atoms with Gasteiger partial charge in [-0.1, -0.05) is 198 Å². The van der Waals surface area contributed by atoms with E-state index < -0.39 is 26.5 Å². The van der Waals surface area contributed by atoms with Gasteiger partial charge >= 0.3 is 19.8 Å². The molecule has 0 aliphatic carbocycles. The van der Waals surface area contributed by atoms with Gasteiger partial charge in [-0.3, -0.25) is 18.6 Å². The lowest BCUT2D eigenvalue weighted by atomic mass is 10.0. The molecule has 0 heterocycles. The molecule has 0 aromatic rings. The minimum Gasteiger partial charge on any atom is -0.462 e. The van der Waals surface area contributed by atoms with Crippen LogP contribution in [-0.2, 0) is 32.7 Å². The summed E-state index contributed by atoms with van der Waals surface area (Å²) in [5.74, 6) is -0.830. The molecule has 9 nitrogen and oxygen atoms in total. The lowest BCUT2D eigenvalue weighted by Gasteiger charge is -2.19. The van der Waals surface area contributed by atoms with Crippen LogP contribution in [0.15, 0.2) is 36.5 Å². The number of nitrogens with two attached hydrogens (primary N) is 1. The number of ether oxygens (including phenoxy) is 2. The van der Waals surface area contributed by atoms with Crippen molar-refractivity contribution in [1.82, 2.24) is 0 Å². The highest BCUT2D eigenvalue weighted by molar-refractivity contribution is 7.47. The highest BCUT2D eigenvalue weighted by atomic mass is 31.2. The molecule has 61 heavy (non-hydrogen) atoms. The summed E-state index contributed by atoms with van der Waals surface area (Å²) in [4.78, 5) is 35.0. The van der Waals surface area contributed by atoms with Crippen LogP contribution in [0.3, 0.4) is 0 Å². The van der Waals surface area contributed by atoms with E-state index >= 15 is 0 Å². The maximum absolute atomic E-state index is 12.6. The Morgan fingerprint density at radius 2 is 0.852 bits per heavy atom. The summed E-state index contributed by atoms with van der Waals surface area (Å²) in [6.07, 6.45) is 54.7. The number of unbranched alkanes of at least 4 members (excludes halogenated alkanes) is 29. The molecule has 0 aromatic carbocycles. The van der Waals surface area contributed by atoms with Gasteiger partial charge in [-0.15, -0.1) is 0 Å². The summed E-state index contributed by atoms with van der Waals surface area (Å²) < 4.78 is 32.9. The number of allylic oxidation sites excluding steroid dienone is 6. The highest BCUT2D eigenvalue weighted by Gasteiger charge is 2.26. The predicted molar refractivity (Wildman–Crippen MR) is 257 cm³/mol. The Hall–Kier alpha value is -1.77. The second kappa shape index (κ2) is 47.7. The minimum absolute atomic E-state index is 0.0521. The Morgan fingerprint density at radius 1 is 0.492 bits per heavy atom. The molecular formula is C51H96NO8P. The van der Waals surface area contributed by atoms with E-state index in [4.69, 9.17) is 24.3 Å². The van der Waals surface area contributed by atoms with Gasteiger partial charge in [0.05, 0.1) is 13.2 Å². The number of hydrogen-bond donors (Lipinski definition) is 2. The fourth-order valence-corrected chi connectivity index (χ4v) is 7.96. The van der Waals surface area contributed by atoms with Crippen LogP contribution < -0.4 is 5.73 Å². The third-order valence-electron chi connectivity index (χ3n) is 11.0.